The van der Waals surface area contributed by atoms with Crippen molar-refractivity contribution in [1.29, 1.82) is 0 Å². The smallest absolute Gasteiger partial charge is 0.271 e. The first-order valence-electron chi connectivity index (χ1n) is 7.95. The molecule has 1 aromatic carbocycles. The van der Waals surface area contributed by atoms with Crippen LogP contribution in [0.5, 0.6) is 0 Å². The SMILES string of the molecule is Cc1nccn1Cc1ccccc1NC(=O)c1cnc2sccn2c1=O. The number of fused-ring (bicyclic) bond motifs is 1. The minimum Gasteiger partial charge on any atom is -0.331 e. The van der Waals surface area contributed by atoms with Crippen molar-refractivity contribution in [3.63, 3.8) is 0 Å². The number of aryl methyl sites for hydroxylation is 1. The quantitative estimate of drug-likeness (QED) is 0.603. The van der Waals surface area contributed by atoms with Crippen molar-refractivity contribution < 1.29 is 4.79 Å². The summed E-state index contributed by atoms with van der Waals surface area (Å²) in [6, 6.07) is 7.49. The van der Waals surface area contributed by atoms with Crippen molar-refractivity contribution in [2.45, 2.75) is 13.5 Å². The number of para-hydroxylation sites is 1. The van der Waals surface area contributed by atoms with Gasteiger partial charge in [-0.05, 0) is 18.6 Å². The van der Waals surface area contributed by atoms with Crippen LogP contribution >= 0.6 is 11.3 Å². The van der Waals surface area contributed by atoms with Crippen LogP contribution in [0.3, 0.4) is 0 Å². The lowest BCUT2D eigenvalue weighted by Gasteiger charge is -2.12. The number of anilines is 1. The molecule has 0 atom stereocenters. The maximum Gasteiger partial charge on any atom is 0.271 e. The largest absolute Gasteiger partial charge is 0.331 e. The fourth-order valence-electron chi connectivity index (χ4n) is 2.70. The molecule has 8 heteroatoms. The van der Waals surface area contributed by atoms with E-state index in [-0.39, 0.29) is 11.1 Å². The third-order valence-electron chi connectivity index (χ3n) is 4.12. The molecule has 1 amide bonds. The summed E-state index contributed by atoms with van der Waals surface area (Å²) >= 11 is 1.34. The van der Waals surface area contributed by atoms with Gasteiger partial charge in [0, 0.05) is 35.9 Å². The molecule has 0 spiro atoms. The normalized spacial score (nSPS) is 11.0. The van der Waals surface area contributed by atoms with E-state index in [1.165, 1.54) is 21.9 Å². The van der Waals surface area contributed by atoms with E-state index in [2.05, 4.69) is 15.3 Å². The van der Waals surface area contributed by atoms with Gasteiger partial charge in [-0.2, -0.15) is 0 Å². The second-order valence-corrected chi connectivity index (χ2v) is 6.62. The third-order valence-corrected chi connectivity index (χ3v) is 4.89. The Morgan fingerprint density at radius 2 is 2.08 bits per heavy atom. The maximum absolute atomic E-state index is 12.6. The van der Waals surface area contributed by atoms with Crippen molar-refractivity contribution in [1.82, 2.24) is 18.9 Å². The number of aromatic nitrogens is 4. The van der Waals surface area contributed by atoms with E-state index in [1.54, 1.807) is 17.8 Å². The summed E-state index contributed by atoms with van der Waals surface area (Å²) in [6.45, 7) is 2.49. The molecule has 0 unspecified atom stereocenters. The van der Waals surface area contributed by atoms with E-state index in [1.807, 2.05) is 42.0 Å². The molecule has 0 fully saturated rings. The van der Waals surface area contributed by atoms with E-state index < -0.39 is 5.91 Å². The van der Waals surface area contributed by atoms with Crippen molar-refractivity contribution in [3.8, 4) is 0 Å². The molecule has 0 saturated heterocycles. The van der Waals surface area contributed by atoms with Gasteiger partial charge in [0.05, 0.1) is 6.54 Å². The molecule has 0 aliphatic carbocycles. The molecule has 1 N–H and O–H groups in total. The predicted octanol–water partition coefficient (Wildman–Crippen LogP) is 2.56. The number of hydrogen-bond acceptors (Lipinski definition) is 5. The lowest BCUT2D eigenvalue weighted by molar-refractivity contribution is 0.102. The van der Waals surface area contributed by atoms with Crippen molar-refractivity contribution >= 4 is 27.9 Å². The van der Waals surface area contributed by atoms with E-state index in [0.717, 1.165) is 11.4 Å². The number of nitrogens with one attached hydrogen (secondary N) is 1. The fraction of sp³-hybridized carbons (Fsp3) is 0.111. The number of amides is 1. The zero-order chi connectivity index (χ0) is 18.1. The van der Waals surface area contributed by atoms with Crippen LogP contribution in [-0.4, -0.2) is 24.8 Å². The standard InChI is InChI=1S/C18H15N5O2S/c1-12-19-6-7-22(12)11-13-4-2-3-5-15(13)21-16(24)14-10-20-18-23(17(14)25)8-9-26-18/h2-10H,11H2,1H3,(H,21,24). The number of thiazole rings is 1. The van der Waals surface area contributed by atoms with Crippen LogP contribution in [0, 0.1) is 6.92 Å². The fourth-order valence-corrected chi connectivity index (χ4v) is 3.38. The third kappa shape index (κ3) is 2.91. The van der Waals surface area contributed by atoms with Gasteiger partial charge in [-0.3, -0.25) is 14.0 Å². The first kappa shape index (κ1) is 16.2. The lowest BCUT2D eigenvalue weighted by atomic mass is 10.1. The van der Waals surface area contributed by atoms with Gasteiger partial charge in [-0.25, -0.2) is 9.97 Å². The average Bonchev–Trinajstić information content (AvgIpc) is 3.26. The molecule has 0 aliphatic rings. The summed E-state index contributed by atoms with van der Waals surface area (Å²) in [5.41, 5.74) is 1.21. The predicted molar refractivity (Wildman–Crippen MR) is 99.8 cm³/mol. The van der Waals surface area contributed by atoms with Crippen LogP contribution in [0.15, 0.2) is 59.2 Å². The zero-order valence-corrected chi connectivity index (χ0v) is 14.7. The Balaban J connectivity index is 1.64. The first-order chi connectivity index (χ1) is 12.6. The number of carbonyl (C=O) groups excluding carboxylic acids is 1. The molecule has 0 saturated carbocycles. The Morgan fingerprint density at radius 3 is 2.88 bits per heavy atom. The van der Waals surface area contributed by atoms with Crippen molar-refractivity contribution in [3.05, 3.63) is 81.7 Å². The van der Waals surface area contributed by atoms with Gasteiger partial charge in [0.15, 0.2) is 4.96 Å². The van der Waals surface area contributed by atoms with Crippen molar-refractivity contribution in [2.24, 2.45) is 0 Å². The van der Waals surface area contributed by atoms with Crippen LogP contribution in [0.2, 0.25) is 0 Å². The highest BCUT2D eigenvalue weighted by Crippen LogP contribution is 2.18. The zero-order valence-electron chi connectivity index (χ0n) is 13.9. The Kier molecular flexibility index (Phi) is 4.10. The summed E-state index contributed by atoms with van der Waals surface area (Å²) < 4.78 is 3.36. The molecule has 0 bridgehead atoms. The monoisotopic (exact) mass is 365 g/mol. The molecular formula is C18H15N5O2S. The molecule has 3 heterocycles. The Labute approximate surface area is 152 Å². The Morgan fingerprint density at radius 1 is 1.23 bits per heavy atom. The van der Waals surface area contributed by atoms with Crippen LogP contribution in [0.4, 0.5) is 5.69 Å². The lowest BCUT2D eigenvalue weighted by Crippen LogP contribution is -2.26. The van der Waals surface area contributed by atoms with Crippen LogP contribution < -0.4 is 10.9 Å². The van der Waals surface area contributed by atoms with Gasteiger partial charge < -0.3 is 9.88 Å². The van der Waals surface area contributed by atoms with Gasteiger partial charge in [0.2, 0.25) is 0 Å². The summed E-state index contributed by atoms with van der Waals surface area (Å²) in [5.74, 6) is 0.411. The van der Waals surface area contributed by atoms with Gasteiger partial charge in [-0.1, -0.05) is 18.2 Å². The highest BCUT2D eigenvalue weighted by atomic mass is 32.1. The van der Waals surface area contributed by atoms with Gasteiger partial charge in [-0.15, -0.1) is 11.3 Å². The van der Waals surface area contributed by atoms with Gasteiger partial charge in [0.25, 0.3) is 11.5 Å². The number of benzene rings is 1. The molecule has 7 nitrogen and oxygen atoms in total. The molecule has 4 aromatic rings. The van der Waals surface area contributed by atoms with Crippen LogP contribution in [-0.2, 0) is 6.54 Å². The van der Waals surface area contributed by atoms with Crippen LogP contribution in [0.25, 0.3) is 4.96 Å². The highest BCUT2D eigenvalue weighted by molar-refractivity contribution is 7.15. The number of carbonyl (C=O) groups is 1. The number of rotatable bonds is 4. The molecule has 3 aromatic heterocycles. The molecule has 0 radical (unpaired) electrons. The summed E-state index contributed by atoms with van der Waals surface area (Å²) in [4.78, 5) is 34.0. The topological polar surface area (TPSA) is 81.3 Å². The number of hydrogen-bond donors (Lipinski definition) is 1. The van der Waals surface area contributed by atoms with E-state index >= 15 is 0 Å². The van der Waals surface area contributed by atoms with Gasteiger partial charge >= 0.3 is 0 Å². The molecule has 26 heavy (non-hydrogen) atoms. The maximum atomic E-state index is 12.6. The molecule has 0 aliphatic heterocycles. The highest BCUT2D eigenvalue weighted by Gasteiger charge is 2.15. The summed E-state index contributed by atoms with van der Waals surface area (Å²) in [7, 11) is 0. The molecule has 130 valence electrons. The molecular weight excluding hydrogens is 350 g/mol. The summed E-state index contributed by atoms with van der Waals surface area (Å²) in [6.07, 6.45) is 6.56. The Hall–Kier alpha value is -3.26. The second-order valence-electron chi connectivity index (χ2n) is 5.75. The number of nitrogens with zero attached hydrogens (tertiary/aromatic N) is 4. The van der Waals surface area contributed by atoms with Gasteiger partial charge in [0.1, 0.15) is 11.4 Å². The number of imidazole rings is 1. The Bertz CT molecular complexity index is 1160. The molecule has 4 rings (SSSR count). The van der Waals surface area contributed by atoms with Crippen molar-refractivity contribution in [2.75, 3.05) is 5.32 Å². The van der Waals surface area contributed by atoms with Crippen LogP contribution in [0.1, 0.15) is 21.7 Å². The minimum atomic E-state index is -0.474. The average molecular weight is 365 g/mol. The summed E-state index contributed by atoms with van der Waals surface area (Å²) in [5, 5.41) is 4.59. The van der Waals surface area contributed by atoms with E-state index in [0.29, 0.717) is 17.2 Å². The van der Waals surface area contributed by atoms with E-state index in [9.17, 15) is 9.59 Å². The first-order valence-corrected chi connectivity index (χ1v) is 8.83. The second kappa shape index (κ2) is 6.57. The van der Waals surface area contributed by atoms with E-state index in [4.69, 9.17) is 0 Å². The minimum absolute atomic E-state index is 0.00881.